The molecule has 0 heterocycles. The number of anilines is 1. The van der Waals surface area contributed by atoms with Crippen molar-refractivity contribution in [3.8, 4) is 5.75 Å². The average Bonchev–Trinajstić information content (AvgIpc) is 2.48. The van der Waals surface area contributed by atoms with E-state index in [1.165, 1.54) is 12.1 Å². The minimum atomic E-state index is -1.08. The van der Waals surface area contributed by atoms with Crippen molar-refractivity contribution in [1.29, 1.82) is 0 Å². The van der Waals surface area contributed by atoms with Crippen molar-refractivity contribution >= 4 is 28.9 Å². The number of aryl methyl sites for hydroxylation is 1. The molecule has 1 unspecified atom stereocenters. The molecule has 2 aromatic rings. The normalized spacial score (nSPS) is 12.4. The molecule has 0 aliphatic rings. The van der Waals surface area contributed by atoms with Gasteiger partial charge in [-0.1, -0.05) is 23.2 Å². The van der Waals surface area contributed by atoms with Gasteiger partial charge in [0.2, 0.25) is 0 Å². The van der Waals surface area contributed by atoms with E-state index in [0.717, 1.165) is 12.1 Å². The highest BCUT2D eigenvalue weighted by atomic mass is 35.5. The lowest BCUT2D eigenvalue weighted by atomic mass is 10.00. The molecule has 0 aromatic heterocycles. The molecular formula is C16H15Cl2F2NO2. The molecule has 23 heavy (non-hydrogen) atoms. The van der Waals surface area contributed by atoms with Crippen molar-refractivity contribution in [2.75, 3.05) is 5.73 Å². The van der Waals surface area contributed by atoms with Crippen LogP contribution in [-0.4, -0.2) is 10.2 Å². The summed E-state index contributed by atoms with van der Waals surface area (Å²) in [4.78, 5) is 0. The number of nitrogen functional groups attached to an aromatic ring is 1. The molecule has 0 aliphatic carbocycles. The summed E-state index contributed by atoms with van der Waals surface area (Å²) in [5, 5.41) is 19.6. The summed E-state index contributed by atoms with van der Waals surface area (Å²) >= 11 is 11.3. The minimum absolute atomic E-state index is 0.0475. The second-order valence-corrected chi connectivity index (χ2v) is 6.01. The van der Waals surface area contributed by atoms with Crippen molar-refractivity contribution in [3.63, 3.8) is 0 Å². The Bertz CT molecular complexity index is 726. The van der Waals surface area contributed by atoms with E-state index in [9.17, 15) is 19.0 Å². The molecule has 0 spiro atoms. The van der Waals surface area contributed by atoms with Gasteiger partial charge in [0.1, 0.15) is 17.4 Å². The summed E-state index contributed by atoms with van der Waals surface area (Å²) < 4.78 is 27.5. The number of hydrogen-bond acceptors (Lipinski definition) is 3. The Morgan fingerprint density at radius 1 is 1.04 bits per heavy atom. The zero-order valence-electron chi connectivity index (χ0n) is 12.0. The molecule has 0 fully saturated rings. The van der Waals surface area contributed by atoms with Gasteiger partial charge in [-0.3, -0.25) is 0 Å². The van der Waals surface area contributed by atoms with E-state index < -0.39 is 17.7 Å². The van der Waals surface area contributed by atoms with Gasteiger partial charge in [0.05, 0.1) is 21.8 Å². The third-order valence-electron chi connectivity index (χ3n) is 3.51. The molecule has 0 amide bonds. The Morgan fingerprint density at radius 2 is 1.70 bits per heavy atom. The van der Waals surface area contributed by atoms with Gasteiger partial charge in [0, 0.05) is 5.56 Å². The van der Waals surface area contributed by atoms with Crippen molar-refractivity contribution in [2.45, 2.75) is 25.4 Å². The molecule has 0 saturated heterocycles. The molecule has 7 heteroatoms. The highest BCUT2D eigenvalue weighted by Crippen LogP contribution is 2.30. The predicted molar refractivity (Wildman–Crippen MR) is 86.8 cm³/mol. The summed E-state index contributed by atoms with van der Waals surface area (Å²) in [7, 11) is 0. The third-order valence-corrected chi connectivity index (χ3v) is 4.14. The zero-order valence-corrected chi connectivity index (χ0v) is 13.5. The second-order valence-electron chi connectivity index (χ2n) is 5.20. The van der Waals surface area contributed by atoms with E-state index in [2.05, 4.69) is 0 Å². The number of rotatable bonds is 5. The van der Waals surface area contributed by atoms with Crippen LogP contribution in [0.2, 0.25) is 10.0 Å². The van der Waals surface area contributed by atoms with Crippen LogP contribution in [0.5, 0.6) is 5.75 Å². The number of aliphatic hydroxyl groups is 1. The molecule has 1 atom stereocenters. The van der Waals surface area contributed by atoms with Gasteiger partial charge in [-0.05, 0) is 49.1 Å². The molecule has 0 aliphatic heterocycles. The predicted octanol–water partition coefficient (Wildman–Crippen LogP) is 4.62. The van der Waals surface area contributed by atoms with Crippen LogP contribution in [0.25, 0.3) is 0 Å². The molecule has 0 saturated carbocycles. The number of hydrogen-bond donors (Lipinski definition) is 3. The van der Waals surface area contributed by atoms with Gasteiger partial charge in [-0.15, -0.1) is 0 Å². The van der Waals surface area contributed by atoms with Crippen molar-refractivity contribution in [1.82, 2.24) is 0 Å². The highest BCUT2D eigenvalue weighted by molar-refractivity contribution is 6.33. The fraction of sp³-hybridized carbons (Fsp3) is 0.250. The topological polar surface area (TPSA) is 66.5 Å². The number of phenolic OH excluding ortho intramolecular Hbond substituents is 1. The highest BCUT2D eigenvalue weighted by Gasteiger charge is 2.16. The van der Waals surface area contributed by atoms with Crippen molar-refractivity contribution in [3.05, 3.63) is 57.1 Å². The van der Waals surface area contributed by atoms with Crippen molar-refractivity contribution < 1.29 is 19.0 Å². The van der Waals surface area contributed by atoms with E-state index >= 15 is 0 Å². The van der Waals surface area contributed by atoms with Crippen LogP contribution < -0.4 is 5.73 Å². The lowest BCUT2D eigenvalue weighted by molar-refractivity contribution is 0.160. The Kier molecular flexibility index (Phi) is 5.68. The van der Waals surface area contributed by atoms with Crippen LogP contribution in [0.15, 0.2) is 24.3 Å². The van der Waals surface area contributed by atoms with Gasteiger partial charge in [-0.2, -0.15) is 0 Å². The smallest absolute Gasteiger partial charge is 0.134 e. The fourth-order valence-electron chi connectivity index (χ4n) is 2.25. The molecule has 3 nitrogen and oxygen atoms in total. The van der Waals surface area contributed by atoms with Crippen LogP contribution in [-0.2, 0) is 6.42 Å². The van der Waals surface area contributed by atoms with Crippen LogP contribution in [0.3, 0.4) is 0 Å². The number of phenols is 1. The number of nitrogens with two attached hydrogens (primary N) is 1. The Hall–Kier alpha value is -1.56. The number of halogens is 4. The van der Waals surface area contributed by atoms with Gasteiger partial charge in [0.15, 0.2) is 0 Å². The first kappa shape index (κ1) is 17.8. The zero-order chi connectivity index (χ0) is 17.1. The van der Waals surface area contributed by atoms with Crippen LogP contribution in [0.1, 0.15) is 30.1 Å². The summed E-state index contributed by atoms with van der Waals surface area (Å²) in [5.41, 5.74) is 6.10. The quantitative estimate of drug-likeness (QED) is 0.681. The molecular weight excluding hydrogens is 347 g/mol. The van der Waals surface area contributed by atoms with E-state index in [1.807, 2.05) is 0 Å². The molecule has 124 valence electrons. The number of aromatic hydroxyl groups is 1. The largest absolute Gasteiger partial charge is 0.506 e. The van der Waals surface area contributed by atoms with Gasteiger partial charge >= 0.3 is 0 Å². The van der Waals surface area contributed by atoms with E-state index in [0.29, 0.717) is 6.42 Å². The maximum absolute atomic E-state index is 13.8. The van der Waals surface area contributed by atoms with Gasteiger partial charge < -0.3 is 15.9 Å². The lowest BCUT2D eigenvalue weighted by Crippen LogP contribution is -2.04. The Labute approximate surface area is 142 Å². The first-order chi connectivity index (χ1) is 10.8. The number of benzene rings is 2. The Balaban J connectivity index is 2.02. The number of aliphatic hydroxyl groups excluding tert-OH is 1. The first-order valence-electron chi connectivity index (χ1n) is 6.89. The Morgan fingerprint density at radius 3 is 2.39 bits per heavy atom. The monoisotopic (exact) mass is 361 g/mol. The molecule has 4 N–H and O–H groups in total. The van der Waals surface area contributed by atoms with E-state index in [1.54, 1.807) is 0 Å². The SMILES string of the molecule is Nc1cc(C(O)CCCc2cc(O)c(Cl)cc2F)c(F)cc1Cl. The van der Waals surface area contributed by atoms with E-state index in [4.69, 9.17) is 28.9 Å². The fourth-order valence-corrected chi connectivity index (χ4v) is 2.55. The van der Waals surface area contributed by atoms with Gasteiger partial charge in [-0.25, -0.2) is 8.78 Å². The maximum atomic E-state index is 13.8. The maximum Gasteiger partial charge on any atom is 0.134 e. The molecule has 0 radical (unpaired) electrons. The average molecular weight is 362 g/mol. The standard InChI is InChI=1S/C16H15Cl2F2NO2/c17-10-6-13(20)9(5-14(10)21)15(22)3-1-2-8-4-16(23)11(18)7-12(8)19/h4-7,15,22-23H,1-3,21H2. The van der Waals surface area contributed by atoms with Crippen LogP contribution in [0, 0.1) is 11.6 Å². The van der Waals surface area contributed by atoms with E-state index in [-0.39, 0.29) is 45.5 Å². The van der Waals surface area contributed by atoms with Crippen LogP contribution >= 0.6 is 23.2 Å². The van der Waals surface area contributed by atoms with Crippen LogP contribution in [0.4, 0.5) is 14.5 Å². The lowest BCUT2D eigenvalue weighted by Gasteiger charge is -2.13. The minimum Gasteiger partial charge on any atom is -0.506 e. The second kappa shape index (κ2) is 7.34. The van der Waals surface area contributed by atoms with Gasteiger partial charge in [0.25, 0.3) is 0 Å². The molecule has 2 aromatic carbocycles. The molecule has 0 bridgehead atoms. The van der Waals surface area contributed by atoms with Crippen molar-refractivity contribution in [2.24, 2.45) is 0 Å². The summed E-state index contributed by atoms with van der Waals surface area (Å²) in [5.74, 6) is -1.39. The molecule has 2 rings (SSSR count). The summed E-state index contributed by atoms with van der Waals surface area (Å²) in [6.07, 6.45) is -0.251. The summed E-state index contributed by atoms with van der Waals surface area (Å²) in [6, 6.07) is 4.61. The third kappa shape index (κ3) is 4.25. The summed E-state index contributed by atoms with van der Waals surface area (Å²) in [6.45, 7) is 0. The first-order valence-corrected chi connectivity index (χ1v) is 7.64.